The van der Waals surface area contributed by atoms with E-state index < -0.39 is 0 Å². The Morgan fingerprint density at radius 2 is 2.00 bits per heavy atom. The number of carbonyl (C=O) groups is 1. The first kappa shape index (κ1) is 10.0. The number of nitrogens with two attached hydrogens (primary N) is 2. The molecule has 0 bridgehead atoms. The van der Waals surface area contributed by atoms with Gasteiger partial charge in [0.25, 0.3) is 0 Å². The molecule has 4 N–H and O–H groups in total. The lowest BCUT2D eigenvalue weighted by Gasteiger charge is -1.97. The predicted molar refractivity (Wildman–Crippen MR) is 52.3 cm³/mol. The number of rotatable bonds is 6. The molecule has 1 aliphatic carbocycles. The van der Waals surface area contributed by atoms with Crippen molar-refractivity contribution in [2.24, 2.45) is 22.4 Å². The molecule has 0 atom stereocenters. The van der Waals surface area contributed by atoms with Crippen LogP contribution in [0.3, 0.4) is 0 Å². The Balaban J connectivity index is 1.99. The number of aliphatic imine (C=N–C) groups is 1. The summed E-state index contributed by atoms with van der Waals surface area (Å²) in [6, 6.07) is 0. The van der Waals surface area contributed by atoms with Gasteiger partial charge >= 0.3 is 0 Å². The van der Waals surface area contributed by atoms with E-state index in [4.69, 9.17) is 11.5 Å². The van der Waals surface area contributed by atoms with E-state index in [9.17, 15) is 4.79 Å². The maximum absolute atomic E-state index is 10.4. The number of carbonyl (C=O) groups excluding carboxylic acids is 1. The van der Waals surface area contributed by atoms with Crippen LogP contribution in [0.1, 0.15) is 32.1 Å². The van der Waals surface area contributed by atoms with Gasteiger partial charge in [-0.05, 0) is 25.7 Å². The fraction of sp³-hybridized carbons (Fsp3) is 0.778. The van der Waals surface area contributed by atoms with Crippen molar-refractivity contribution in [1.82, 2.24) is 0 Å². The largest absolute Gasteiger partial charge is 0.387 e. The Morgan fingerprint density at radius 3 is 2.54 bits per heavy atom. The highest BCUT2D eigenvalue weighted by molar-refractivity contribution is 5.84. The highest BCUT2D eigenvalue weighted by Crippen LogP contribution is 2.28. The molecule has 74 valence electrons. The van der Waals surface area contributed by atoms with Crippen LogP contribution in [0.15, 0.2) is 4.99 Å². The summed E-state index contributed by atoms with van der Waals surface area (Å²) >= 11 is 0. The fourth-order valence-corrected chi connectivity index (χ4v) is 1.13. The Hall–Kier alpha value is -1.06. The van der Waals surface area contributed by atoms with Gasteiger partial charge in [0.05, 0.1) is 5.84 Å². The van der Waals surface area contributed by atoms with Crippen molar-refractivity contribution < 1.29 is 4.79 Å². The summed E-state index contributed by atoms with van der Waals surface area (Å²) in [4.78, 5) is 14.6. The molecule has 0 radical (unpaired) electrons. The molecular weight excluding hydrogens is 166 g/mol. The van der Waals surface area contributed by atoms with Crippen molar-refractivity contribution in [2.45, 2.75) is 32.1 Å². The molecule has 0 aromatic carbocycles. The van der Waals surface area contributed by atoms with Crippen molar-refractivity contribution in [3.63, 3.8) is 0 Å². The quantitative estimate of drug-likeness (QED) is 0.355. The second-order valence-corrected chi connectivity index (χ2v) is 3.50. The summed E-state index contributed by atoms with van der Waals surface area (Å²) < 4.78 is 0. The van der Waals surface area contributed by atoms with E-state index in [1.165, 1.54) is 12.8 Å². The third kappa shape index (κ3) is 4.50. The topological polar surface area (TPSA) is 81.5 Å². The highest BCUT2D eigenvalue weighted by Gasteiger charge is 2.24. The van der Waals surface area contributed by atoms with E-state index in [2.05, 4.69) is 4.99 Å². The van der Waals surface area contributed by atoms with Crippen LogP contribution in [0.25, 0.3) is 0 Å². The average molecular weight is 183 g/mol. The van der Waals surface area contributed by atoms with Crippen LogP contribution in [-0.4, -0.2) is 18.3 Å². The lowest BCUT2D eigenvalue weighted by Crippen LogP contribution is -2.14. The molecule has 1 saturated carbocycles. The van der Waals surface area contributed by atoms with Gasteiger partial charge in [-0.25, -0.2) is 0 Å². The second-order valence-electron chi connectivity index (χ2n) is 3.50. The zero-order chi connectivity index (χ0) is 9.68. The van der Waals surface area contributed by atoms with Gasteiger partial charge in [0.15, 0.2) is 0 Å². The predicted octanol–water partition coefficient (Wildman–Crippen LogP) is 0.409. The van der Waals surface area contributed by atoms with Crippen molar-refractivity contribution in [3.8, 4) is 0 Å². The first-order valence-electron chi connectivity index (χ1n) is 4.78. The zero-order valence-corrected chi connectivity index (χ0v) is 7.83. The van der Waals surface area contributed by atoms with Gasteiger partial charge in [0.2, 0.25) is 5.91 Å². The van der Waals surface area contributed by atoms with Crippen LogP contribution in [0.2, 0.25) is 0 Å². The molecule has 1 aliphatic rings. The summed E-state index contributed by atoms with van der Waals surface area (Å²) in [6.45, 7) is 0.732. The van der Waals surface area contributed by atoms with Crippen molar-refractivity contribution in [3.05, 3.63) is 0 Å². The number of hydrogen-bond acceptors (Lipinski definition) is 2. The van der Waals surface area contributed by atoms with E-state index >= 15 is 0 Å². The second kappa shape index (κ2) is 4.84. The van der Waals surface area contributed by atoms with Crippen LogP contribution in [0.5, 0.6) is 0 Å². The summed E-state index contributed by atoms with van der Waals surface area (Å²) in [6.07, 6.45) is 4.55. The van der Waals surface area contributed by atoms with Gasteiger partial charge in [0, 0.05) is 18.9 Å². The number of amidine groups is 1. The van der Waals surface area contributed by atoms with E-state index in [0.29, 0.717) is 12.3 Å². The molecule has 13 heavy (non-hydrogen) atoms. The maximum Gasteiger partial charge on any atom is 0.217 e. The van der Waals surface area contributed by atoms with Crippen LogP contribution in [0.4, 0.5) is 0 Å². The fourth-order valence-electron chi connectivity index (χ4n) is 1.13. The Bertz CT molecular complexity index is 209. The Labute approximate surface area is 78.4 Å². The Kier molecular flexibility index (Phi) is 3.73. The van der Waals surface area contributed by atoms with Gasteiger partial charge < -0.3 is 11.5 Å². The van der Waals surface area contributed by atoms with Crippen LogP contribution < -0.4 is 11.5 Å². The molecule has 0 heterocycles. The number of primary amides is 1. The third-order valence-electron chi connectivity index (χ3n) is 2.12. The monoisotopic (exact) mass is 183 g/mol. The van der Waals surface area contributed by atoms with Crippen molar-refractivity contribution >= 4 is 11.7 Å². The lowest BCUT2D eigenvalue weighted by atomic mass is 10.2. The lowest BCUT2D eigenvalue weighted by molar-refractivity contribution is -0.118. The summed E-state index contributed by atoms with van der Waals surface area (Å²) in [5.74, 6) is 1.11. The molecule has 4 nitrogen and oxygen atoms in total. The standard InChI is InChI=1S/C9H17N3O/c10-8(13)3-1-2-6-12-9(11)7-4-5-7/h7H,1-6H2,(H2,10,13)(H2,11,12). The molecule has 0 aliphatic heterocycles. The molecule has 4 heteroatoms. The molecule has 0 spiro atoms. The number of hydrogen-bond donors (Lipinski definition) is 2. The van der Waals surface area contributed by atoms with E-state index in [1.807, 2.05) is 0 Å². The zero-order valence-electron chi connectivity index (χ0n) is 7.83. The molecule has 0 aromatic heterocycles. The SMILES string of the molecule is NC(=O)CCCCN=C(N)C1CC1. The van der Waals surface area contributed by atoms with Crippen LogP contribution >= 0.6 is 0 Å². The summed E-state index contributed by atoms with van der Waals surface area (Å²) in [5.41, 5.74) is 10.7. The Morgan fingerprint density at radius 1 is 1.31 bits per heavy atom. The number of unbranched alkanes of at least 4 members (excludes halogenated alkanes) is 1. The van der Waals surface area contributed by atoms with Crippen molar-refractivity contribution in [2.75, 3.05) is 6.54 Å². The molecule has 0 saturated heterocycles. The third-order valence-corrected chi connectivity index (χ3v) is 2.12. The highest BCUT2D eigenvalue weighted by atomic mass is 16.1. The van der Waals surface area contributed by atoms with Gasteiger partial charge in [-0.2, -0.15) is 0 Å². The molecular formula is C9H17N3O. The maximum atomic E-state index is 10.4. The molecule has 1 amide bonds. The molecule has 0 aromatic rings. The van der Waals surface area contributed by atoms with E-state index in [1.54, 1.807) is 0 Å². The number of amides is 1. The first-order valence-corrected chi connectivity index (χ1v) is 4.78. The summed E-state index contributed by atoms with van der Waals surface area (Å²) in [5, 5.41) is 0. The molecule has 1 fully saturated rings. The van der Waals surface area contributed by atoms with Crippen molar-refractivity contribution in [1.29, 1.82) is 0 Å². The minimum absolute atomic E-state index is 0.237. The van der Waals surface area contributed by atoms with Crippen LogP contribution in [0, 0.1) is 5.92 Å². The van der Waals surface area contributed by atoms with Gasteiger partial charge in [-0.1, -0.05) is 0 Å². The number of nitrogens with zero attached hydrogens (tertiary/aromatic N) is 1. The smallest absolute Gasteiger partial charge is 0.217 e. The average Bonchev–Trinajstić information content (AvgIpc) is 2.85. The summed E-state index contributed by atoms with van der Waals surface area (Å²) in [7, 11) is 0. The minimum Gasteiger partial charge on any atom is -0.387 e. The molecule has 1 rings (SSSR count). The van der Waals surface area contributed by atoms with E-state index in [0.717, 1.165) is 25.2 Å². The normalized spacial score (nSPS) is 17.4. The van der Waals surface area contributed by atoms with Gasteiger partial charge in [0.1, 0.15) is 0 Å². The minimum atomic E-state index is -0.237. The van der Waals surface area contributed by atoms with E-state index in [-0.39, 0.29) is 5.91 Å². The van der Waals surface area contributed by atoms with Gasteiger partial charge in [-0.3, -0.25) is 9.79 Å². The first-order chi connectivity index (χ1) is 6.20. The van der Waals surface area contributed by atoms with Gasteiger partial charge in [-0.15, -0.1) is 0 Å². The molecule has 0 unspecified atom stereocenters. The van der Waals surface area contributed by atoms with Crippen LogP contribution in [-0.2, 0) is 4.79 Å².